The van der Waals surface area contributed by atoms with Crippen molar-refractivity contribution in [1.82, 2.24) is 0 Å². The first-order valence-electron chi connectivity index (χ1n) is 8.32. The quantitative estimate of drug-likeness (QED) is 0.634. The summed E-state index contributed by atoms with van der Waals surface area (Å²) in [7, 11) is 1.52. The number of epoxide rings is 2. The van der Waals surface area contributed by atoms with E-state index in [0.29, 0.717) is 6.61 Å². The smallest absolute Gasteiger partial charge is 0.101 e. The number of allylic oxidation sites excluding steroid dienone is 1. The molecule has 20 heavy (non-hydrogen) atoms. The van der Waals surface area contributed by atoms with E-state index >= 15 is 0 Å². The maximum absolute atomic E-state index is 10.4. The number of methoxy groups -OCH3 is 1. The number of hydrogen-bond donors (Lipinski definition) is 1. The average Bonchev–Trinajstić information content (AvgIpc) is 3.30. The number of aliphatic hydroxyl groups excluding tert-OH is 1. The summed E-state index contributed by atoms with van der Waals surface area (Å²) >= 11 is 0. The summed E-state index contributed by atoms with van der Waals surface area (Å²) in [5, 5.41) is 10.4. The van der Waals surface area contributed by atoms with Crippen LogP contribution in [0.2, 0.25) is 0 Å². The van der Waals surface area contributed by atoms with E-state index in [1.54, 1.807) is 0 Å². The molecule has 2 saturated heterocycles. The third kappa shape index (κ3) is 2.23. The summed E-state index contributed by atoms with van der Waals surface area (Å²) < 4.78 is 33.3. The van der Waals surface area contributed by atoms with Gasteiger partial charge in [-0.05, 0) is 40.0 Å². The van der Waals surface area contributed by atoms with Gasteiger partial charge in [0.25, 0.3) is 0 Å². The van der Waals surface area contributed by atoms with Crippen molar-refractivity contribution in [2.75, 3.05) is 13.7 Å². The predicted octanol–water partition coefficient (Wildman–Crippen LogP) is 2.06. The summed E-state index contributed by atoms with van der Waals surface area (Å²) in [4.78, 5) is 0. The minimum absolute atomic E-state index is 0.0716. The van der Waals surface area contributed by atoms with Crippen LogP contribution in [0.5, 0.6) is 0 Å². The van der Waals surface area contributed by atoms with E-state index in [-0.39, 0.29) is 18.4 Å². The third-order valence-electron chi connectivity index (χ3n) is 4.94. The SMILES string of the molecule is [2H]C1([2H])C[C@]2(CO2)[C@@H](C2(C)O[C@@H]2CC=C(C)C)[C@H](OC)[C@@H]1O. The van der Waals surface area contributed by atoms with Gasteiger partial charge in [0.1, 0.15) is 5.60 Å². The van der Waals surface area contributed by atoms with E-state index in [0.717, 1.165) is 6.42 Å². The molecule has 0 radical (unpaired) electrons. The zero-order valence-corrected chi connectivity index (χ0v) is 12.7. The van der Waals surface area contributed by atoms with E-state index in [4.69, 9.17) is 17.0 Å². The van der Waals surface area contributed by atoms with Gasteiger partial charge in [-0.3, -0.25) is 0 Å². The van der Waals surface area contributed by atoms with Gasteiger partial charge in [-0.15, -0.1) is 0 Å². The van der Waals surface area contributed by atoms with Crippen LogP contribution in [0, 0.1) is 5.92 Å². The molecule has 0 aromatic heterocycles. The van der Waals surface area contributed by atoms with E-state index in [2.05, 4.69) is 19.9 Å². The highest BCUT2D eigenvalue weighted by Crippen LogP contribution is 2.59. The largest absolute Gasteiger partial charge is 0.390 e. The van der Waals surface area contributed by atoms with Gasteiger partial charge in [-0.25, -0.2) is 0 Å². The van der Waals surface area contributed by atoms with Crippen LogP contribution in [0.15, 0.2) is 11.6 Å². The topological polar surface area (TPSA) is 54.5 Å². The van der Waals surface area contributed by atoms with E-state index in [1.165, 1.54) is 12.7 Å². The van der Waals surface area contributed by atoms with Crippen LogP contribution in [-0.4, -0.2) is 48.3 Å². The molecule has 2 heterocycles. The van der Waals surface area contributed by atoms with Gasteiger partial charge in [0.2, 0.25) is 0 Å². The maximum atomic E-state index is 10.4. The first-order chi connectivity index (χ1) is 10.2. The van der Waals surface area contributed by atoms with E-state index in [1.807, 2.05) is 6.92 Å². The molecule has 4 heteroatoms. The van der Waals surface area contributed by atoms with Crippen molar-refractivity contribution < 1.29 is 22.1 Å². The third-order valence-corrected chi connectivity index (χ3v) is 4.94. The lowest BCUT2D eigenvalue weighted by molar-refractivity contribution is -0.116. The minimum Gasteiger partial charge on any atom is -0.390 e. The molecule has 1 unspecified atom stereocenters. The molecule has 0 amide bonds. The highest BCUT2D eigenvalue weighted by atomic mass is 16.6. The van der Waals surface area contributed by atoms with Gasteiger partial charge in [-0.1, -0.05) is 11.6 Å². The molecule has 0 bridgehead atoms. The Kier molecular flexibility index (Phi) is 2.92. The first-order valence-corrected chi connectivity index (χ1v) is 7.32. The Labute approximate surface area is 123 Å². The molecule has 3 fully saturated rings. The van der Waals surface area contributed by atoms with Crippen LogP contribution in [0.25, 0.3) is 0 Å². The Hall–Kier alpha value is -0.420. The Balaban J connectivity index is 1.84. The van der Waals surface area contributed by atoms with Gasteiger partial charge < -0.3 is 19.3 Å². The van der Waals surface area contributed by atoms with Crippen molar-refractivity contribution in [2.24, 2.45) is 5.92 Å². The monoisotopic (exact) mass is 284 g/mol. The predicted molar refractivity (Wildman–Crippen MR) is 75.5 cm³/mol. The zero-order chi connectivity index (χ0) is 16.3. The summed E-state index contributed by atoms with van der Waals surface area (Å²) in [6, 6.07) is 0. The van der Waals surface area contributed by atoms with Gasteiger partial charge in [0.15, 0.2) is 0 Å². The fraction of sp³-hybridized carbons (Fsp3) is 0.875. The molecular formula is C16H26O4. The normalized spacial score (nSPS) is 54.0. The highest BCUT2D eigenvalue weighted by molar-refractivity contribution is 5.20. The minimum atomic E-state index is -1.70. The average molecular weight is 284 g/mol. The van der Waals surface area contributed by atoms with Gasteiger partial charge in [-0.2, -0.15) is 0 Å². The van der Waals surface area contributed by atoms with Crippen molar-refractivity contribution in [1.29, 1.82) is 0 Å². The molecular weight excluding hydrogens is 256 g/mol. The molecule has 2 aliphatic heterocycles. The van der Waals surface area contributed by atoms with Crippen LogP contribution in [0.4, 0.5) is 0 Å². The van der Waals surface area contributed by atoms with Crippen molar-refractivity contribution >= 4 is 0 Å². The van der Waals surface area contributed by atoms with Crippen LogP contribution >= 0.6 is 0 Å². The van der Waals surface area contributed by atoms with Gasteiger partial charge >= 0.3 is 0 Å². The number of aliphatic hydroxyl groups is 1. The molecule has 0 aromatic carbocycles. The van der Waals surface area contributed by atoms with Crippen LogP contribution in [0.1, 0.15) is 42.7 Å². The van der Waals surface area contributed by atoms with E-state index in [9.17, 15) is 5.11 Å². The second-order valence-corrected chi connectivity index (χ2v) is 6.66. The lowest BCUT2D eigenvalue weighted by atomic mass is 9.68. The Bertz CT molecular complexity index is 485. The number of ether oxygens (including phenoxy) is 3. The molecule has 1 saturated carbocycles. The molecule has 3 aliphatic rings. The summed E-state index contributed by atoms with van der Waals surface area (Å²) in [6.45, 7) is 6.66. The second kappa shape index (κ2) is 4.80. The Morgan fingerprint density at radius 3 is 2.80 bits per heavy atom. The standard InChI is InChI=1S/C16H26O4/c1-10(2)5-6-12-15(3,20-12)14-13(18-4)11(17)7-8-16(14)9-19-16/h5,11-14,17H,6-9H2,1-4H3/t11-,12-,13-,14-,15?,16+/m1/s1/i7D2. The first kappa shape index (κ1) is 12.2. The Morgan fingerprint density at radius 2 is 2.25 bits per heavy atom. The van der Waals surface area contributed by atoms with Gasteiger partial charge in [0, 0.05) is 9.85 Å². The van der Waals surface area contributed by atoms with Crippen molar-refractivity contribution in [2.45, 2.75) is 69.5 Å². The van der Waals surface area contributed by atoms with Crippen molar-refractivity contribution in [3.63, 3.8) is 0 Å². The fourth-order valence-corrected chi connectivity index (χ4v) is 3.64. The lowest BCUT2D eigenvalue weighted by Crippen LogP contribution is -2.54. The van der Waals surface area contributed by atoms with Crippen LogP contribution in [-0.2, 0) is 14.2 Å². The van der Waals surface area contributed by atoms with E-state index < -0.39 is 29.8 Å². The highest BCUT2D eigenvalue weighted by Gasteiger charge is 2.71. The maximum Gasteiger partial charge on any atom is 0.101 e. The molecule has 1 aliphatic carbocycles. The molecule has 1 N–H and O–H groups in total. The van der Waals surface area contributed by atoms with Crippen LogP contribution < -0.4 is 0 Å². The molecule has 6 atom stereocenters. The summed E-state index contributed by atoms with van der Waals surface area (Å²) in [6.07, 6.45) is -0.242. The number of hydrogen-bond acceptors (Lipinski definition) is 4. The molecule has 114 valence electrons. The number of rotatable bonds is 4. The van der Waals surface area contributed by atoms with Crippen molar-refractivity contribution in [3.05, 3.63) is 11.6 Å². The molecule has 3 rings (SSSR count). The second-order valence-electron chi connectivity index (χ2n) is 6.66. The lowest BCUT2D eigenvalue weighted by Gasteiger charge is -2.41. The van der Waals surface area contributed by atoms with Gasteiger partial charge in [0.05, 0.1) is 36.4 Å². The zero-order valence-electron chi connectivity index (χ0n) is 14.7. The fourth-order valence-electron chi connectivity index (χ4n) is 3.64. The Morgan fingerprint density at radius 1 is 1.55 bits per heavy atom. The molecule has 4 nitrogen and oxygen atoms in total. The molecule has 1 spiro atoms. The van der Waals surface area contributed by atoms with Crippen molar-refractivity contribution in [3.8, 4) is 0 Å². The summed E-state index contributed by atoms with van der Waals surface area (Å²) in [5.74, 6) is -0.153. The molecule has 0 aromatic rings. The van der Waals surface area contributed by atoms with Crippen LogP contribution in [0.3, 0.4) is 0 Å². The summed E-state index contributed by atoms with van der Waals surface area (Å²) in [5.41, 5.74) is 0.261.